The van der Waals surface area contributed by atoms with E-state index in [1.807, 2.05) is 13.8 Å². The van der Waals surface area contributed by atoms with Gasteiger partial charge in [-0.2, -0.15) is 0 Å². The molecule has 1 heteroatoms. The minimum atomic E-state index is 0.705. The molecule has 1 nitrogen and oxygen atoms in total. The fourth-order valence-electron chi connectivity index (χ4n) is 2.06. The second kappa shape index (κ2) is 12.0. The zero-order valence-corrected chi connectivity index (χ0v) is 12.1. The van der Waals surface area contributed by atoms with Crippen molar-refractivity contribution >= 4 is 0 Å². The van der Waals surface area contributed by atoms with Crippen LogP contribution in [-0.4, -0.2) is 23.5 Å². The Morgan fingerprint density at radius 2 is 1.47 bits per heavy atom. The van der Waals surface area contributed by atoms with Gasteiger partial charge in [0.25, 0.3) is 0 Å². The van der Waals surface area contributed by atoms with E-state index in [0.717, 1.165) is 6.04 Å². The first-order valence-electron chi connectivity index (χ1n) is 6.93. The standard InChI is InChI=1S/C12H27N.C2H6/c1-6-9-12(8-3)13(10-7-2)11(4)5;1-2/h11-12H,6-10H2,1-5H3;1-2H3. The van der Waals surface area contributed by atoms with Gasteiger partial charge in [0, 0.05) is 12.1 Å². The van der Waals surface area contributed by atoms with Crippen molar-refractivity contribution in [3.8, 4) is 0 Å². The first kappa shape index (κ1) is 17.4. The first-order valence-corrected chi connectivity index (χ1v) is 6.93. The molecule has 0 bridgehead atoms. The summed E-state index contributed by atoms with van der Waals surface area (Å²) in [5.41, 5.74) is 0. The van der Waals surface area contributed by atoms with Gasteiger partial charge in [0.15, 0.2) is 0 Å². The summed E-state index contributed by atoms with van der Waals surface area (Å²) in [5, 5.41) is 0. The lowest BCUT2D eigenvalue weighted by molar-refractivity contribution is 0.140. The van der Waals surface area contributed by atoms with Crippen LogP contribution in [0.15, 0.2) is 0 Å². The molecule has 0 saturated heterocycles. The van der Waals surface area contributed by atoms with Crippen LogP contribution in [0, 0.1) is 0 Å². The van der Waals surface area contributed by atoms with E-state index in [-0.39, 0.29) is 0 Å². The van der Waals surface area contributed by atoms with Crippen molar-refractivity contribution in [2.75, 3.05) is 6.54 Å². The Morgan fingerprint density at radius 1 is 0.933 bits per heavy atom. The molecule has 0 N–H and O–H groups in total. The summed E-state index contributed by atoms with van der Waals surface area (Å²) in [6.45, 7) is 16.8. The maximum absolute atomic E-state index is 2.66. The van der Waals surface area contributed by atoms with Crippen LogP contribution < -0.4 is 0 Å². The fourth-order valence-corrected chi connectivity index (χ4v) is 2.06. The van der Waals surface area contributed by atoms with Gasteiger partial charge >= 0.3 is 0 Å². The highest BCUT2D eigenvalue weighted by atomic mass is 15.2. The molecule has 0 aromatic carbocycles. The molecular formula is C14H33N. The quantitative estimate of drug-likeness (QED) is 0.594. The molecule has 0 aromatic rings. The van der Waals surface area contributed by atoms with Gasteiger partial charge in [-0.25, -0.2) is 0 Å². The van der Waals surface area contributed by atoms with Crippen LogP contribution in [0.2, 0.25) is 0 Å². The van der Waals surface area contributed by atoms with E-state index in [9.17, 15) is 0 Å². The first-order chi connectivity index (χ1) is 7.17. The Bertz CT molecular complexity index is 110. The zero-order valence-electron chi connectivity index (χ0n) is 12.1. The molecule has 0 aromatic heterocycles. The highest BCUT2D eigenvalue weighted by Gasteiger charge is 2.17. The van der Waals surface area contributed by atoms with Crippen molar-refractivity contribution in [2.24, 2.45) is 0 Å². The number of hydrogen-bond acceptors (Lipinski definition) is 1. The molecule has 0 spiro atoms. The SMILES string of the molecule is CC.CCCC(CC)N(CCC)C(C)C. The average molecular weight is 215 g/mol. The number of nitrogens with zero attached hydrogens (tertiary/aromatic N) is 1. The molecule has 0 aliphatic heterocycles. The highest BCUT2D eigenvalue weighted by Crippen LogP contribution is 2.14. The Kier molecular flexibility index (Phi) is 13.9. The van der Waals surface area contributed by atoms with E-state index in [1.54, 1.807) is 0 Å². The molecule has 0 amide bonds. The van der Waals surface area contributed by atoms with Gasteiger partial charge in [0.2, 0.25) is 0 Å². The molecule has 1 unspecified atom stereocenters. The van der Waals surface area contributed by atoms with E-state index in [0.29, 0.717) is 6.04 Å². The topological polar surface area (TPSA) is 3.24 Å². The van der Waals surface area contributed by atoms with Crippen LogP contribution >= 0.6 is 0 Å². The van der Waals surface area contributed by atoms with Gasteiger partial charge in [-0.15, -0.1) is 0 Å². The molecule has 0 radical (unpaired) electrons. The number of rotatable bonds is 7. The summed E-state index contributed by atoms with van der Waals surface area (Å²) in [7, 11) is 0. The Balaban J connectivity index is 0. The summed E-state index contributed by atoms with van der Waals surface area (Å²) >= 11 is 0. The van der Waals surface area contributed by atoms with E-state index in [2.05, 4.69) is 39.5 Å². The van der Waals surface area contributed by atoms with Gasteiger partial charge in [-0.1, -0.05) is 41.0 Å². The van der Waals surface area contributed by atoms with Crippen LogP contribution in [-0.2, 0) is 0 Å². The average Bonchev–Trinajstić information content (AvgIpc) is 2.25. The third kappa shape index (κ3) is 7.84. The summed E-state index contributed by atoms with van der Waals surface area (Å²) in [6, 6.07) is 1.52. The lowest BCUT2D eigenvalue weighted by Gasteiger charge is -2.34. The van der Waals surface area contributed by atoms with E-state index in [4.69, 9.17) is 0 Å². The monoisotopic (exact) mass is 215 g/mol. The predicted molar refractivity (Wildman–Crippen MR) is 72.5 cm³/mol. The summed E-state index contributed by atoms with van der Waals surface area (Å²) < 4.78 is 0. The van der Waals surface area contributed by atoms with Crippen LogP contribution in [0.1, 0.15) is 74.1 Å². The minimum Gasteiger partial charge on any atom is -0.298 e. The molecule has 1 atom stereocenters. The molecule has 0 rings (SSSR count). The van der Waals surface area contributed by atoms with Crippen molar-refractivity contribution < 1.29 is 0 Å². The lowest BCUT2D eigenvalue weighted by atomic mass is 10.1. The second-order valence-corrected chi connectivity index (χ2v) is 4.18. The van der Waals surface area contributed by atoms with Crippen molar-refractivity contribution in [3.05, 3.63) is 0 Å². The van der Waals surface area contributed by atoms with E-state index in [1.165, 1.54) is 32.2 Å². The highest BCUT2D eigenvalue weighted by molar-refractivity contribution is 4.72. The van der Waals surface area contributed by atoms with Crippen LogP contribution in [0.4, 0.5) is 0 Å². The van der Waals surface area contributed by atoms with Gasteiger partial charge < -0.3 is 0 Å². The van der Waals surface area contributed by atoms with Crippen molar-refractivity contribution in [3.63, 3.8) is 0 Å². The Morgan fingerprint density at radius 3 is 1.73 bits per heavy atom. The van der Waals surface area contributed by atoms with Gasteiger partial charge in [-0.3, -0.25) is 4.90 Å². The molecule has 15 heavy (non-hydrogen) atoms. The maximum atomic E-state index is 2.66. The van der Waals surface area contributed by atoms with Crippen molar-refractivity contribution in [2.45, 2.75) is 86.2 Å². The predicted octanol–water partition coefficient (Wildman–Crippen LogP) is 4.71. The minimum absolute atomic E-state index is 0.705. The number of hydrogen-bond donors (Lipinski definition) is 0. The third-order valence-electron chi connectivity index (χ3n) is 2.71. The van der Waals surface area contributed by atoms with Gasteiger partial charge in [-0.05, 0) is 39.7 Å². The molecular weight excluding hydrogens is 182 g/mol. The van der Waals surface area contributed by atoms with Crippen molar-refractivity contribution in [1.82, 2.24) is 4.90 Å². The molecule has 0 fully saturated rings. The molecule has 0 saturated carbocycles. The van der Waals surface area contributed by atoms with Crippen LogP contribution in [0.5, 0.6) is 0 Å². The normalized spacial score (nSPS) is 12.6. The van der Waals surface area contributed by atoms with Crippen LogP contribution in [0.3, 0.4) is 0 Å². The zero-order chi connectivity index (χ0) is 12.3. The lowest BCUT2D eigenvalue weighted by Crippen LogP contribution is -2.40. The molecule has 0 aliphatic rings. The maximum Gasteiger partial charge on any atom is 0.00952 e. The van der Waals surface area contributed by atoms with Crippen molar-refractivity contribution in [1.29, 1.82) is 0 Å². The Labute approximate surface area is 98.2 Å². The fraction of sp³-hybridized carbons (Fsp3) is 1.00. The van der Waals surface area contributed by atoms with Gasteiger partial charge in [0.05, 0.1) is 0 Å². The third-order valence-corrected chi connectivity index (χ3v) is 2.71. The molecule has 94 valence electrons. The smallest absolute Gasteiger partial charge is 0.00952 e. The van der Waals surface area contributed by atoms with Gasteiger partial charge in [0.1, 0.15) is 0 Å². The molecule has 0 aliphatic carbocycles. The van der Waals surface area contributed by atoms with Crippen LogP contribution in [0.25, 0.3) is 0 Å². The largest absolute Gasteiger partial charge is 0.298 e. The molecule has 0 heterocycles. The summed E-state index contributed by atoms with van der Waals surface area (Å²) in [4.78, 5) is 2.66. The second-order valence-electron chi connectivity index (χ2n) is 4.18. The van der Waals surface area contributed by atoms with E-state index < -0.39 is 0 Å². The Hall–Kier alpha value is -0.0400. The summed E-state index contributed by atoms with van der Waals surface area (Å²) in [6.07, 6.45) is 5.24. The summed E-state index contributed by atoms with van der Waals surface area (Å²) in [5.74, 6) is 0. The van der Waals surface area contributed by atoms with E-state index >= 15 is 0 Å².